The maximum atomic E-state index is 12.0. The van der Waals surface area contributed by atoms with Crippen molar-refractivity contribution in [2.75, 3.05) is 0 Å². The predicted molar refractivity (Wildman–Crippen MR) is 90.8 cm³/mol. The first kappa shape index (κ1) is 15.7. The monoisotopic (exact) mass is 323 g/mol. The van der Waals surface area contributed by atoms with E-state index < -0.39 is 5.97 Å². The Balaban J connectivity index is 2.34. The molecule has 0 saturated heterocycles. The third-order valence-corrected chi connectivity index (χ3v) is 3.76. The lowest BCUT2D eigenvalue weighted by Crippen LogP contribution is -2.10. The van der Waals surface area contributed by atoms with Gasteiger partial charge in [-0.05, 0) is 18.9 Å². The van der Waals surface area contributed by atoms with Gasteiger partial charge in [0, 0.05) is 16.7 Å². The van der Waals surface area contributed by atoms with E-state index in [1.54, 1.807) is 6.92 Å². The number of fused-ring (bicyclic) bond motifs is 1. The molecular weight excluding hydrogens is 306 g/mol. The molecule has 0 amide bonds. The lowest BCUT2D eigenvalue weighted by atomic mass is 9.95. The number of ether oxygens (including phenoxy) is 1. The van der Waals surface area contributed by atoms with Crippen LogP contribution in [0.25, 0.3) is 22.2 Å². The maximum absolute atomic E-state index is 12.0. The molecule has 122 valence electrons. The van der Waals surface area contributed by atoms with Gasteiger partial charge >= 0.3 is 5.97 Å². The highest BCUT2D eigenvalue weighted by molar-refractivity contribution is 6.00. The molecule has 0 aliphatic rings. The molecule has 2 N–H and O–H groups in total. The topological polar surface area (TPSA) is 88.1 Å². The van der Waals surface area contributed by atoms with Crippen molar-refractivity contribution in [3.05, 3.63) is 48.0 Å². The molecule has 1 heterocycles. The number of benzene rings is 2. The summed E-state index contributed by atoms with van der Waals surface area (Å²) in [6.07, 6.45) is 0.541. The van der Waals surface area contributed by atoms with Gasteiger partial charge in [0.05, 0.1) is 0 Å². The summed E-state index contributed by atoms with van der Waals surface area (Å²) in [7, 11) is 0. The number of hydrogen-bond acceptors (Lipinski definition) is 5. The molecule has 0 radical (unpaired) electrons. The van der Waals surface area contributed by atoms with E-state index in [4.69, 9.17) is 4.74 Å². The van der Waals surface area contributed by atoms with Crippen LogP contribution in [-0.4, -0.2) is 26.5 Å². The molecular formula is C18H17N3O3. The van der Waals surface area contributed by atoms with Crippen LogP contribution in [0, 0.1) is 0 Å². The summed E-state index contributed by atoms with van der Waals surface area (Å²) < 4.78 is 5.40. The van der Waals surface area contributed by atoms with Gasteiger partial charge in [0.2, 0.25) is 0 Å². The second kappa shape index (κ2) is 6.16. The van der Waals surface area contributed by atoms with Crippen molar-refractivity contribution in [2.24, 2.45) is 0 Å². The summed E-state index contributed by atoms with van der Waals surface area (Å²) in [5, 5.41) is 21.2. The fraction of sp³-hybridized carbons (Fsp3) is 0.167. The Labute approximate surface area is 138 Å². The minimum absolute atomic E-state index is 0.103. The second-order valence-corrected chi connectivity index (χ2v) is 5.44. The minimum atomic E-state index is -0.596. The molecule has 6 nitrogen and oxygen atoms in total. The quantitative estimate of drug-likeness (QED) is 0.436. The van der Waals surface area contributed by atoms with E-state index in [0.717, 1.165) is 11.1 Å². The fourth-order valence-corrected chi connectivity index (χ4v) is 2.62. The van der Waals surface area contributed by atoms with Crippen LogP contribution >= 0.6 is 0 Å². The molecule has 3 aromatic rings. The molecule has 0 fully saturated rings. The average Bonchev–Trinajstić information content (AvgIpc) is 3.07. The van der Waals surface area contributed by atoms with Gasteiger partial charge in [0.1, 0.15) is 5.52 Å². The molecule has 0 aliphatic carbocycles. The number of carbonyl (C=O) groups excluding carboxylic acids is 1. The summed E-state index contributed by atoms with van der Waals surface area (Å²) in [6, 6.07) is 9.60. The van der Waals surface area contributed by atoms with E-state index in [1.807, 2.05) is 37.3 Å². The normalized spacial score (nSPS) is 10.8. The molecule has 0 unspecified atom stereocenters. The maximum Gasteiger partial charge on any atom is 0.338 e. The number of esters is 1. The highest BCUT2D eigenvalue weighted by Gasteiger charge is 2.25. The highest BCUT2D eigenvalue weighted by atomic mass is 16.5. The van der Waals surface area contributed by atoms with Gasteiger partial charge in [-0.3, -0.25) is 0 Å². The third kappa shape index (κ3) is 2.52. The summed E-state index contributed by atoms with van der Waals surface area (Å²) in [4.78, 5) is 12.0. The number of phenolic OH excluding ortho intramolecular Hbond substituents is 1. The number of nitrogens with one attached hydrogen (secondary N) is 1. The van der Waals surface area contributed by atoms with Crippen molar-refractivity contribution in [1.29, 1.82) is 0 Å². The molecule has 3 rings (SSSR count). The number of nitrogens with zero attached hydrogens (tertiary/aromatic N) is 2. The first-order chi connectivity index (χ1) is 11.5. The lowest BCUT2D eigenvalue weighted by molar-refractivity contribution is -0.130. The van der Waals surface area contributed by atoms with Crippen LogP contribution in [0.3, 0.4) is 0 Å². The van der Waals surface area contributed by atoms with Crippen LogP contribution < -0.4 is 4.74 Å². The Bertz CT molecular complexity index is 930. The number of carbonyl (C=O) groups is 1. The number of hydrogen-bond donors (Lipinski definition) is 2. The van der Waals surface area contributed by atoms with E-state index in [9.17, 15) is 9.90 Å². The number of rotatable bonds is 4. The van der Waals surface area contributed by atoms with Gasteiger partial charge in [-0.25, -0.2) is 4.79 Å². The molecule has 24 heavy (non-hydrogen) atoms. The van der Waals surface area contributed by atoms with E-state index in [2.05, 4.69) is 22.0 Å². The molecule has 0 saturated carbocycles. The number of aromatic amines is 1. The van der Waals surface area contributed by atoms with E-state index >= 15 is 0 Å². The molecule has 0 bridgehead atoms. The van der Waals surface area contributed by atoms with E-state index in [0.29, 0.717) is 17.5 Å². The van der Waals surface area contributed by atoms with Crippen LogP contribution in [0.1, 0.15) is 19.4 Å². The SMILES string of the molecule is C=C(C)C(=O)Oc1c(CC)c(-c2ccccc2)c2n[nH]nc2c1O. The molecule has 2 aromatic carbocycles. The van der Waals surface area contributed by atoms with Gasteiger partial charge < -0.3 is 9.84 Å². The van der Waals surface area contributed by atoms with Crippen molar-refractivity contribution in [1.82, 2.24) is 15.4 Å². The molecule has 0 aliphatic heterocycles. The van der Waals surface area contributed by atoms with Crippen LogP contribution in [0.4, 0.5) is 0 Å². The number of phenols is 1. The summed E-state index contributed by atoms with van der Waals surface area (Å²) in [5.74, 6) is -0.697. The first-order valence-electron chi connectivity index (χ1n) is 7.56. The Hall–Kier alpha value is -3.15. The second-order valence-electron chi connectivity index (χ2n) is 5.44. The molecule has 6 heteroatoms. The van der Waals surface area contributed by atoms with Gasteiger partial charge in [0.25, 0.3) is 0 Å². The molecule has 0 atom stereocenters. The first-order valence-corrected chi connectivity index (χ1v) is 7.56. The molecule has 1 aromatic heterocycles. The van der Waals surface area contributed by atoms with Crippen molar-refractivity contribution in [2.45, 2.75) is 20.3 Å². The summed E-state index contributed by atoms with van der Waals surface area (Å²) >= 11 is 0. The van der Waals surface area contributed by atoms with Gasteiger partial charge in [-0.15, -0.1) is 0 Å². The molecule has 0 spiro atoms. The Kier molecular flexibility index (Phi) is 4.04. The van der Waals surface area contributed by atoms with Crippen molar-refractivity contribution < 1.29 is 14.6 Å². The van der Waals surface area contributed by atoms with E-state index in [-0.39, 0.29) is 22.6 Å². The summed E-state index contributed by atoms with van der Waals surface area (Å²) in [5.41, 5.74) is 3.42. The number of aromatic nitrogens is 3. The zero-order valence-electron chi connectivity index (χ0n) is 13.5. The van der Waals surface area contributed by atoms with Crippen molar-refractivity contribution in [3.8, 4) is 22.6 Å². The number of H-pyrrole nitrogens is 1. The van der Waals surface area contributed by atoms with Gasteiger partial charge in [-0.1, -0.05) is 43.8 Å². The van der Waals surface area contributed by atoms with E-state index in [1.165, 1.54) is 0 Å². The number of aromatic hydroxyl groups is 1. The van der Waals surface area contributed by atoms with Crippen LogP contribution in [0.2, 0.25) is 0 Å². The fourth-order valence-electron chi connectivity index (χ4n) is 2.62. The Morgan fingerprint density at radius 2 is 1.92 bits per heavy atom. The largest absolute Gasteiger partial charge is 0.503 e. The highest BCUT2D eigenvalue weighted by Crippen LogP contribution is 2.44. The average molecular weight is 323 g/mol. The van der Waals surface area contributed by atoms with Crippen LogP contribution in [-0.2, 0) is 11.2 Å². The Morgan fingerprint density at radius 3 is 2.54 bits per heavy atom. The summed E-state index contributed by atoms with van der Waals surface area (Å²) in [6.45, 7) is 7.05. The van der Waals surface area contributed by atoms with Crippen LogP contribution in [0.5, 0.6) is 11.5 Å². The zero-order chi connectivity index (χ0) is 17.3. The lowest BCUT2D eigenvalue weighted by Gasteiger charge is -2.16. The zero-order valence-corrected chi connectivity index (χ0v) is 13.5. The van der Waals surface area contributed by atoms with Gasteiger partial charge in [0.15, 0.2) is 17.0 Å². The third-order valence-electron chi connectivity index (χ3n) is 3.76. The van der Waals surface area contributed by atoms with Crippen LogP contribution in [0.15, 0.2) is 42.5 Å². The van der Waals surface area contributed by atoms with Crippen molar-refractivity contribution in [3.63, 3.8) is 0 Å². The van der Waals surface area contributed by atoms with Crippen molar-refractivity contribution >= 4 is 17.0 Å². The Morgan fingerprint density at radius 1 is 1.25 bits per heavy atom. The standard InChI is InChI=1S/C18H17N3O3/c1-4-12-13(11-8-6-5-7-9-11)14-15(20-21-19-14)16(22)17(12)24-18(23)10(2)3/h5-9,22H,2,4H2,1,3H3,(H,19,20,21). The van der Waals surface area contributed by atoms with Gasteiger partial charge in [-0.2, -0.15) is 15.4 Å². The minimum Gasteiger partial charge on any atom is -0.503 e. The smallest absolute Gasteiger partial charge is 0.338 e. The predicted octanol–water partition coefficient (Wildman–Crippen LogP) is 3.37.